The number of urea groups is 1. The molecule has 1 aliphatic rings. The molecule has 0 aliphatic carbocycles. The number of rotatable bonds is 6. The summed E-state index contributed by atoms with van der Waals surface area (Å²) in [5.74, 6) is 0.303. The lowest BCUT2D eigenvalue weighted by molar-refractivity contribution is -0.142. The summed E-state index contributed by atoms with van der Waals surface area (Å²) in [7, 11) is 1.33. The summed E-state index contributed by atoms with van der Waals surface area (Å²) in [6, 6.07) is 4.18. The first kappa shape index (κ1) is 19.2. The second kappa shape index (κ2) is 8.90. The summed E-state index contributed by atoms with van der Waals surface area (Å²) in [6.07, 6.45) is 6.46. The van der Waals surface area contributed by atoms with E-state index in [2.05, 4.69) is 20.3 Å². The molecule has 0 spiro atoms. The van der Waals surface area contributed by atoms with Gasteiger partial charge in [-0.2, -0.15) is 11.8 Å². The summed E-state index contributed by atoms with van der Waals surface area (Å²) >= 11 is 1.61. The standard InChI is InChI=1S/C18H23N5O3S/c1-26-17(24)14(7-10-27-2)22-18(25)23-9-6-12-15(21-11-20-12)16(23)13-5-3-4-8-19-13/h3-5,8,11,14,16H,6-7,9-10H2,1-2H3,(H,20,21)(H,22,25). The number of methoxy groups -OCH3 is 1. The number of aromatic nitrogens is 3. The number of ether oxygens (including phenoxy) is 1. The van der Waals surface area contributed by atoms with E-state index in [1.807, 2.05) is 24.5 Å². The highest BCUT2D eigenvalue weighted by Gasteiger charge is 2.36. The lowest BCUT2D eigenvalue weighted by Crippen LogP contribution is -2.51. The van der Waals surface area contributed by atoms with E-state index < -0.39 is 18.1 Å². The van der Waals surface area contributed by atoms with Crippen molar-refractivity contribution in [2.75, 3.05) is 25.7 Å². The average Bonchev–Trinajstić information content (AvgIpc) is 3.19. The van der Waals surface area contributed by atoms with Crippen molar-refractivity contribution < 1.29 is 14.3 Å². The van der Waals surface area contributed by atoms with Gasteiger partial charge in [-0.25, -0.2) is 14.6 Å². The van der Waals surface area contributed by atoms with E-state index in [0.29, 0.717) is 19.4 Å². The zero-order chi connectivity index (χ0) is 19.2. The molecule has 8 nitrogen and oxygen atoms in total. The molecule has 0 aromatic carbocycles. The highest BCUT2D eigenvalue weighted by molar-refractivity contribution is 7.98. The maximum absolute atomic E-state index is 13.0. The monoisotopic (exact) mass is 389 g/mol. The summed E-state index contributed by atoms with van der Waals surface area (Å²) in [6.45, 7) is 0.499. The fraction of sp³-hybridized carbons (Fsp3) is 0.444. The second-order valence-electron chi connectivity index (χ2n) is 6.17. The largest absolute Gasteiger partial charge is 0.467 e. The minimum absolute atomic E-state index is 0.323. The van der Waals surface area contributed by atoms with Crippen molar-refractivity contribution in [2.24, 2.45) is 0 Å². The quantitative estimate of drug-likeness (QED) is 0.730. The third-order valence-corrected chi connectivity index (χ3v) is 5.19. The normalized spacial score (nSPS) is 17.1. The average molecular weight is 389 g/mol. The van der Waals surface area contributed by atoms with Crippen molar-refractivity contribution in [3.05, 3.63) is 47.8 Å². The first-order valence-corrected chi connectivity index (χ1v) is 10.1. The number of hydrogen-bond donors (Lipinski definition) is 2. The van der Waals surface area contributed by atoms with E-state index in [1.54, 1.807) is 29.2 Å². The number of carbonyl (C=O) groups excluding carboxylic acids is 2. The van der Waals surface area contributed by atoms with Crippen LogP contribution in [-0.4, -0.2) is 63.6 Å². The molecule has 144 valence electrons. The van der Waals surface area contributed by atoms with Crippen LogP contribution in [0.15, 0.2) is 30.7 Å². The van der Waals surface area contributed by atoms with Gasteiger partial charge in [0.1, 0.15) is 12.1 Å². The van der Waals surface area contributed by atoms with Crippen molar-refractivity contribution >= 4 is 23.8 Å². The number of esters is 1. The number of fused-ring (bicyclic) bond motifs is 1. The number of hydrogen-bond acceptors (Lipinski definition) is 6. The first-order valence-electron chi connectivity index (χ1n) is 8.72. The number of aromatic amines is 1. The Labute approximate surface area is 162 Å². The van der Waals surface area contributed by atoms with Crippen molar-refractivity contribution in [3.63, 3.8) is 0 Å². The van der Waals surface area contributed by atoms with Crippen molar-refractivity contribution in [2.45, 2.75) is 24.9 Å². The number of nitrogens with zero attached hydrogens (tertiary/aromatic N) is 3. The van der Waals surface area contributed by atoms with Gasteiger partial charge in [0.05, 0.1) is 24.8 Å². The molecule has 3 heterocycles. The van der Waals surface area contributed by atoms with Gasteiger partial charge < -0.3 is 19.9 Å². The zero-order valence-corrected chi connectivity index (χ0v) is 16.2. The molecule has 2 N–H and O–H groups in total. The van der Waals surface area contributed by atoms with E-state index >= 15 is 0 Å². The maximum atomic E-state index is 13.0. The van der Waals surface area contributed by atoms with Gasteiger partial charge in [0.25, 0.3) is 0 Å². The molecule has 0 saturated heterocycles. The molecule has 2 amide bonds. The van der Waals surface area contributed by atoms with E-state index in [0.717, 1.165) is 22.8 Å². The van der Waals surface area contributed by atoms with Gasteiger partial charge in [-0.3, -0.25) is 4.98 Å². The SMILES string of the molecule is COC(=O)C(CCSC)NC(=O)N1CCc2[nH]cnc2C1c1ccccn1. The molecule has 1 aliphatic heterocycles. The fourth-order valence-electron chi connectivity index (χ4n) is 3.19. The lowest BCUT2D eigenvalue weighted by atomic mass is 9.99. The summed E-state index contributed by atoms with van der Waals surface area (Å²) in [5.41, 5.74) is 2.52. The Morgan fingerprint density at radius 3 is 3.00 bits per heavy atom. The van der Waals surface area contributed by atoms with Gasteiger partial charge in [0.2, 0.25) is 0 Å². The van der Waals surface area contributed by atoms with Gasteiger partial charge in [-0.15, -0.1) is 0 Å². The predicted molar refractivity (Wildman–Crippen MR) is 102 cm³/mol. The number of pyridine rings is 1. The van der Waals surface area contributed by atoms with Gasteiger partial charge in [0, 0.05) is 24.9 Å². The summed E-state index contributed by atoms with van der Waals surface area (Å²) in [5, 5.41) is 2.83. The number of H-pyrrole nitrogens is 1. The van der Waals surface area contributed by atoms with Crippen LogP contribution in [-0.2, 0) is 16.0 Å². The maximum Gasteiger partial charge on any atom is 0.328 e. The van der Waals surface area contributed by atoms with Crippen molar-refractivity contribution in [3.8, 4) is 0 Å². The van der Waals surface area contributed by atoms with Crippen LogP contribution in [0.4, 0.5) is 4.79 Å². The first-order chi connectivity index (χ1) is 13.2. The third kappa shape index (κ3) is 4.24. The fourth-order valence-corrected chi connectivity index (χ4v) is 3.66. The Kier molecular flexibility index (Phi) is 6.33. The Bertz CT molecular complexity index is 782. The highest BCUT2D eigenvalue weighted by Crippen LogP contribution is 2.32. The minimum Gasteiger partial charge on any atom is -0.467 e. The Hall–Kier alpha value is -2.55. The van der Waals surface area contributed by atoms with E-state index in [1.165, 1.54) is 7.11 Å². The number of nitrogens with one attached hydrogen (secondary N) is 2. The Morgan fingerprint density at radius 1 is 1.44 bits per heavy atom. The third-order valence-electron chi connectivity index (χ3n) is 4.55. The van der Waals surface area contributed by atoms with Crippen molar-refractivity contribution in [1.82, 2.24) is 25.2 Å². The molecule has 2 atom stereocenters. The molecular weight excluding hydrogens is 366 g/mol. The molecule has 27 heavy (non-hydrogen) atoms. The van der Waals surface area contributed by atoms with Crippen molar-refractivity contribution in [1.29, 1.82) is 0 Å². The lowest BCUT2D eigenvalue weighted by Gasteiger charge is -2.35. The predicted octanol–water partition coefficient (Wildman–Crippen LogP) is 1.76. The van der Waals surface area contributed by atoms with Gasteiger partial charge >= 0.3 is 12.0 Å². The minimum atomic E-state index is -0.681. The Morgan fingerprint density at radius 2 is 2.30 bits per heavy atom. The van der Waals surface area contributed by atoms with Crippen LogP contribution in [0.1, 0.15) is 29.5 Å². The molecule has 9 heteroatoms. The molecule has 0 bridgehead atoms. The molecule has 3 rings (SSSR count). The Balaban J connectivity index is 1.85. The molecule has 2 aromatic rings. The van der Waals surface area contributed by atoms with E-state index in [4.69, 9.17) is 4.74 Å². The van der Waals surface area contributed by atoms with Gasteiger partial charge in [-0.05, 0) is 30.6 Å². The van der Waals surface area contributed by atoms with Crippen LogP contribution in [0.5, 0.6) is 0 Å². The van der Waals surface area contributed by atoms with Gasteiger partial charge in [-0.1, -0.05) is 6.07 Å². The second-order valence-corrected chi connectivity index (χ2v) is 7.16. The molecule has 0 radical (unpaired) electrons. The number of thioether (sulfide) groups is 1. The van der Waals surface area contributed by atoms with E-state index in [-0.39, 0.29) is 6.03 Å². The van der Waals surface area contributed by atoms with Crippen LogP contribution in [0.3, 0.4) is 0 Å². The van der Waals surface area contributed by atoms with Crippen LogP contribution in [0.25, 0.3) is 0 Å². The van der Waals surface area contributed by atoms with Crippen LogP contribution >= 0.6 is 11.8 Å². The van der Waals surface area contributed by atoms with Crippen LogP contribution in [0, 0.1) is 0 Å². The van der Waals surface area contributed by atoms with Gasteiger partial charge in [0.15, 0.2) is 0 Å². The topological polar surface area (TPSA) is 100 Å². The summed E-state index contributed by atoms with van der Waals surface area (Å²) in [4.78, 5) is 38.8. The molecule has 0 fully saturated rings. The molecule has 2 unspecified atom stereocenters. The number of imidazole rings is 1. The highest BCUT2D eigenvalue weighted by atomic mass is 32.2. The van der Waals surface area contributed by atoms with Crippen LogP contribution in [0.2, 0.25) is 0 Å². The smallest absolute Gasteiger partial charge is 0.328 e. The number of amides is 2. The summed E-state index contributed by atoms with van der Waals surface area (Å²) < 4.78 is 4.84. The van der Waals surface area contributed by atoms with Crippen LogP contribution < -0.4 is 5.32 Å². The number of carbonyl (C=O) groups is 2. The molecular formula is C18H23N5O3S. The molecule has 2 aromatic heterocycles. The zero-order valence-electron chi connectivity index (χ0n) is 15.3. The van der Waals surface area contributed by atoms with E-state index in [9.17, 15) is 9.59 Å². The molecule has 0 saturated carbocycles.